The van der Waals surface area contributed by atoms with Crippen LogP contribution in [0.2, 0.25) is 0 Å². The van der Waals surface area contributed by atoms with E-state index in [9.17, 15) is 5.11 Å². The first-order valence-electron chi connectivity index (χ1n) is 6.54. The van der Waals surface area contributed by atoms with Gasteiger partial charge in [0.05, 0.1) is 12.2 Å². The van der Waals surface area contributed by atoms with Crippen molar-refractivity contribution in [2.24, 2.45) is 5.41 Å². The molecule has 1 heterocycles. The lowest BCUT2D eigenvalue weighted by Gasteiger charge is -2.34. The maximum atomic E-state index is 10.4. The van der Waals surface area contributed by atoms with Crippen molar-refractivity contribution in [2.75, 3.05) is 19.7 Å². The highest BCUT2D eigenvalue weighted by molar-refractivity contribution is 4.96. The van der Waals surface area contributed by atoms with Gasteiger partial charge in [0, 0.05) is 25.7 Å². The van der Waals surface area contributed by atoms with Crippen molar-refractivity contribution in [2.45, 2.75) is 58.3 Å². The molecule has 2 rings (SSSR count). The Morgan fingerprint density at radius 2 is 2.12 bits per heavy atom. The van der Waals surface area contributed by atoms with E-state index >= 15 is 0 Å². The van der Waals surface area contributed by atoms with Crippen LogP contribution in [0.3, 0.4) is 0 Å². The van der Waals surface area contributed by atoms with E-state index in [2.05, 4.69) is 25.7 Å². The first kappa shape index (κ1) is 12.3. The predicted molar refractivity (Wildman–Crippen MR) is 64.4 cm³/mol. The van der Waals surface area contributed by atoms with Crippen molar-refractivity contribution in [3.05, 3.63) is 0 Å². The van der Waals surface area contributed by atoms with Crippen LogP contribution in [-0.2, 0) is 4.74 Å². The summed E-state index contributed by atoms with van der Waals surface area (Å²) >= 11 is 0. The molecule has 0 radical (unpaired) electrons. The fraction of sp³-hybridized carbons (Fsp3) is 1.00. The van der Waals surface area contributed by atoms with E-state index in [1.165, 1.54) is 0 Å². The summed E-state index contributed by atoms with van der Waals surface area (Å²) in [6.45, 7) is 9.39. The Morgan fingerprint density at radius 3 is 2.75 bits per heavy atom. The molecule has 16 heavy (non-hydrogen) atoms. The molecule has 1 N–H and O–H groups in total. The number of rotatable bonds is 1. The lowest BCUT2D eigenvalue weighted by atomic mass is 9.88. The van der Waals surface area contributed by atoms with Crippen LogP contribution in [0.5, 0.6) is 0 Å². The van der Waals surface area contributed by atoms with E-state index in [4.69, 9.17) is 4.74 Å². The van der Waals surface area contributed by atoms with Gasteiger partial charge in [-0.3, -0.25) is 4.90 Å². The highest BCUT2D eigenvalue weighted by atomic mass is 16.5. The Hall–Kier alpha value is -0.120. The topological polar surface area (TPSA) is 32.7 Å². The summed E-state index contributed by atoms with van der Waals surface area (Å²) in [5, 5.41) is 10.4. The maximum absolute atomic E-state index is 10.4. The summed E-state index contributed by atoms with van der Waals surface area (Å²) in [6, 6.07) is 0.346. The van der Waals surface area contributed by atoms with Crippen molar-refractivity contribution in [3.63, 3.8) is 0 Å². The van der Waals surface area contributed by atoms with Crippen LogP contribution in [0.4, 0.5) is 0 Å². The molecule has 0 bridgehead atoms. The molecule has 2 fully saturated rings. The largest absolute Gasteiger partial charge is 0.391 e. The molecule has 0 spiro atoms. The molecule has 3 heteroatoms. The third kappa shape index (κ3) is 2.41. The minimum atomic E-state index is -0.183. The van der Waals surface area contributed by atoms with E-state index in [1.54, 1.807) is 0 Å². The smallest absolute Gasteiger partial charge is 0.0746 e. The molecule has 1 saturated carbocycles. The Kier molecular flexibility index (Phi) is 3.57. The second-order valence-corrected chi connectivity index (χ2v) is 6.07. The molecule has 3 atom stereocenters. The van der Waals surface area contributed by atoms with Crippen molar-refractivity contribution in [3.8, 4) is 0 Å². The average Bonchev–Trinajstić information content (AvgIpc) is 2.41. The minimum absolute atomic E-state index is 0.0844. The Bertz CT molecular complexity index is 242. The Balaban J connectivity index is 2.01. The number of nitrogens with zero attached hydrogens (tertiary/aromatic N) is 1. The average molecular weight is 227 g/mol. The van der Waals surface area contributed by atoms with Gasteiger partial charge in [0.2, 0.25) is 0 Å². The zero-order valence-electron chi connectivity index (χ0n) is 10.8. The molecular weight excluding hydrogens is 202 g/mol. The number of aliphatic hydroxyl groups excluding tert-OH is 1. The quantitative estimate of drug-likeness (QED) is 0.739. The van der Waals surface area contributed by atoms with Crippen LogP contribution in [0.1, 0.15) is 40.0 Å². The molecule has 0 aromatic rings. The lowest BCUT2D eigenvalue weighted by molar-refractivity contribution is 0.00354. The number of hydrogen-bond donors (Lipinski definition) is 1. The summed E-state index contributed by atoms with van der Waals surface area (Å²) in [5.74, 6) is 0. The number of hydrogen-bond acceptors (Lipinski definition) is 3. The van der Waals surface area contributed by atoms with Gasteiger partial charge < -0.3 is 9.84 Å². The van der Waals surface area contributed by atoms with Gasteiger partial charge >= 0.3 is 0 Å². The summed E-state index contributed by atoms with van der Waals surface area (Å²) in [7, 11) is 0. The second kappa shape index (κ2) is 4.63. The maximum Gasteiger partial charge on any atom is 0.0746 e. The zero-order valence-corrected chi connectivity index (χ0v) is 10.8. The molecule has 1 saturated heterocycles. The highest BCUT2D eigenvalue weighted by Crippen LogP contribution is 2.40. The van der Waals surface area contributed by atoms with E-state index < -0.39 is 0 Å². The summed E-state index contributed by atoms with van der Waals surface area (Å²) in [6.07, 6.45) is 3.47. The number of aliphatic hydroxyl groups is 1. The molecular formula is C13H25NO2. The zero-order chi connectivity index (χ0) is 11.8. The van der Waals surface area contributed by atoms with Crippen LogP contribution in [-0.4, -0.2) is 48.0 Å². The normalized spacial score (nSPS) is 40.9. The molecule has 0 amide bonds. The van der Waals surface area contributed by atoms with Gasteiger partial charge in [-0.2, -0.15) is 0 Å². The van der Waals surface area contributed by atoms with Crippen molar-refractivity contribution < 1.29 is 9.84 Å². The van der Waals surface area contributed by atoms with Crippen LogP contribution >= 0.6 is 0 Å². The molecule has 1 aliphatic carbocycles. The fourth-order valence-electron chi connectivity index (χ4n) is 3.06. The number of ether oxygens (including phenoxy) is 1. The van der Waals surface area contributed by atoms with Crippen molar-refractivity contribution in [1.29, 1.82) is 0 Å². The second-order valence-electron chi connectivity index (χ2n) is 6.07. The molecule has 0 aromatic carbocycles. The molecule has 3 unspecified atom stereocenters. The van der Waals surface area contributed by atoms with Crippen LogP contribution in [0.15, 0.2) is 0 Å². The van der Waals surface area contributed by atoms with Crippen molar-refractivity contribution >= 4 is 0 Å². The van der Waals surface area contributed by atoms with Gasteiger partial charge in [0.15, 0.2) is 0 Å². The standard InChI is InChI=1S/C13H25NO2/c1-10-9-14(7-4-8-16-10)11-5-6-13(2,3)12(11)15/h10-12,15H,4-9H2,1-3H3. The summed E-state index contributed by atoms with van der Waals surface area (Å²) < 4.78 is 5.66. The molecule has 3 nitrogen and oxygen atoms in total. The van der Waals surface area contributed by atoms with Gasteiger partial charge in [0.1, 0.15) is 0 Å². The molecule has 0 aromatic heterocycles. The van der Waals surface area contributed by atoms with E-state index in [1.807, 2.05) is 0 Å². The summed E-state index contributed by atoms with van der Waals surface area (Å²) in [5.41, 5.74) is 0.0844. The molecule has 1 aliphatic heterocycles. The molecule has 2 aliphatic rings. The van der Waals surface area contributed by atoms with E-state index in [0.29, 0.717) is 12.1 Å². The van der Waals surface area contributed by atoms with Crippen LogP contribution in [0, 0.1) is 5.41 Å². The van der Waals surface area contributed by atoms with Gasteiger partial charge in [-0.25, -0.2) is 0 Å². The monoisotopic (exact) mass is 227 g/mol. The van der Waals surface area contributed by atoms with Gasteiger partial charge in [-0.1, -0.05) is 13.8 Å². The first-order chi connectivity index (χ1) is 7.50. The van der Waals surface area contributed by atoms with Gasteiger partial charge in [-0.15, -0.1) is 0 Å². The Labute approximate surface area is 98.8 Å². The first-order valence-corrected chi connectivity index (χ1v) is 6.54. The lowest BCUT2D eigenvalue weighted by Crippen LogP contribution is -2.46. The van der Waals surface area contributed by atoms with Crippen LogP contribution in [0.25, 0.3) is 0 Å². The predicted octanol–water partition coefficient (Wildman–Crippen LogP) is 1.65. The van der Waals surface area contributed by atoms with Crippen LogP contribution < -0.4 is 0 Å². The SMILES string of the molecule is CC1CN(C2CCC(C)(C)C2O)CCCO1. The van der Waals surface area contributed by atoms with Gasteiger partial charge in [0.25, 0.3) is 0 Å². The Morgan fingerprint density at radius 1 is 1.38 bits per heavy atom. The minimum Gasteiger partial charge on any atom is -0.391 e. The van der Waals surface area contributed by atoms with Crippen molar-refractivity contribution in [1.82, 2.24) is 4.90 Å². The van der Waals surface area contributed by atoms with E-state index in [-0.39, 0.29) is 11.5 Å². The fourth-order valence-corrected chi connectivity index (χ4v) is 3.06. The third-order valence-corrected chi connectivity index (χ3v) is 4.20. The molecule has 94 valence electrons. The third-order valence-electron chi connectivity index (χ3n) is 4.20. The van der Waals surface area contributed by atoms with Gasteiger partial charge in [-0.05, 0) is 31.6 Å². The van der Waals surface area contributed by atoms with E-state index in [0.717, 1.165) is 39.0 Å². The highest BCUT2D eigenvalue weighted by Gasteiger charge is 2.43. The summed E-state index contributed by atoms with van der Waals surface area (Å²) in [4.78, 5) is 2.44.